The number of carbonyl (C=O) groups is 2. The van der Waals surface area contributed by atoms with Crippen LogP contribution in [0.15, 0.2) is 18.5 Å². The van der Waals surface area contributed by atoms with E-state index in [0.29, 0.717) is 12.1 Å². The predicted molar refractivity (Wildman–Crippen MR) is 71.2 cm³/mol. The highest BCUT2D eigenvalue weighted by Gasteiger charge is 2.26. The molecule has 0 amide bonds. The molecule has 1 unspecified atom stereocenters. The summed E-state index contributed by atoms with van der Waals surface area (Å²) in [5.41, 5.74) is 0.572. The van der Waals surface area contributed by atoms with Crippen LogP contribution in [0.3, 0.4) is 0 Å². The minimum atomic E-state index is -0.911. The molecule has 1 fully saturated rings. The van der Waals surface area contributed by atoms with Crippen molar-refractivity contribution in [2.45, 2.75) is 25.7 Å². The van der Waals surface area contributed by atoms with E-state index in [1.807, 2.05) is 0 Å². The van der Waals surface area contributed by atoms with Crippen LogP contribution in [0.5, 0.6) is 0 Å². The van der Waals surface area contributed by atoms with E-state index in [1.165, 1.54) is 6.42 Å². The molecule has 104 valence electrons. The first kappa shape index (κ1) is 13.8. The summed E-state index contributed by atoms with van der Waals surface area (Å²) in [6.07, 6.45) is 6.72. The van der Waals surface area contributed by atoms with Gasteiger partial charge in [-0.15, -0.1) is 0 Å². The van der Waals surface area contributed by atoms with Crippen molar-refractivity contribution in [3.05, 3.63) is 24.0 Å². The van der Waals surface area contributed by atoms with Crippen LogP contribution in [0.2, 0.25) is 0 Å². The Hall–Kier alpha value is -1.62. The highest BCUT2D eigenvalue weighted by Crippen LogP contribution is 2.17. The van der Waals surface area contributed by atoms with Crippen LogP contribution >= 0.6 is 0 Å². The summed E-state index contributed by atoms with van der Waals surface area (Å²) in [5.74, 6) is -1.44. The Labute approximate surface area is 112 Å². The number of carbonyl (C=O) groups excluding carboxylic acids is 1. The summed E-state index contributed by atoms with van der Waals surface area (Å²) in [6.45, 7) is 2.49. The second-order valence-corrected chi connectivity index (χ2v) is 5.12. The number of hydrogen-bond acceptors (Lipinski definition) is 3. The van der Waals surface area contributed by atoms with Crippen LogP contribution < -0.4 is 0 Å². The molecule has 0 aliphatic carbocycles. The smallest absolute Gasteiger partial charge is 0.304 e. The largest absolute Gasteiger partial charge is 0.481 e. The van der Waals surface area contributed by atoms with E-state index in [1.54, 1.807) is 18.5 Å². The summed E-state index contributed by atoms with van der Waals surface area (Å²) < 4.78 is 0. The van der Waals surface area contributed by atoms with E-state index < -0.39 is 11.9 Å². The highest BCUT2D eigenvalue weighted by molar-refractivity contribution is 5.99. The molecule has 19 heavy (non-hydrogen) atoms. The molecule has 1 aromatic heterocycles. The third-order valence-corrected chi connectivity index (χ3v) is 3.60. The van der Waals surface area contributed by atoms with Gasteiger partial charge in [0.05, 0.1) is 6.42 Å². The van der Waals surface area contributed by atoms with Crippen LogP contribution in [-0.2, 0) is 4.79 Å². The summed E-state index contributed by atoms with van der Waals surface area (Å²) >= 11 is 0. The van der Waals surface area contributed by atoms with Crippen molar-refractivity contribution in [3.8, 4) is 0 Å². The Morgan fingerprint density at radius 1 is 1.32 bits per heavy atom. The van der Waals surface area contributed by atoms with Crippen LogP contribution in [0, 0.1) is 5.92 Å². The molecule has 5 nitrogen and oxygen atoms in total. The van der Waals surface area contributed by atoms with Crippen molar-refractivity contribution in [2.75, 3.05) is 19.6 Å². The Bertz CT molecular complexity index is 422. The molecule has 0 saturated carbocycles. The number of carboxylic acid groups (broad SMARTS) is 1. The second kappa shape index (κ2) is 6.52. The minimum Gasteiger partial charge on any atom is -0.481 e. The maximum Gasteiger partial charge on any atom is 0.304 e. The zero-order chi connectivity index (χ0) is 13.7. The van der Waals surface area contributed by atoms with Crippen LogP contribution in [0.4, 0.5) is 0 Å². The number of carboxylic acids is 1. The molecule has 0 bridgehead atoms. The molecule has 2 heterocycles. The number of hydrogen-bond donors (Lipinski definition) is 2. The maximum absolute atomic E-state index is 12.3. The molecule has 0 aromatic carbocycles. The lowest BCUT2D eigenvalue weighted by atomic mass is 9.94. The molecule has 0 spiro atoms. The van der Waals surface area contributed by atoms with Gasteiger partial charge in [0.25, 0.3) is 0 Å². The van der Waals surface area contributed by atoms with Crippen molar-refractivity contribution in [1.82, 2.24) is 9.88 Å². The lowest BCUT2D eigenvalue weighted by Gasteiger charge is -2.29. The van der Waals surface area contributed by atoms with Gasteiger partial charge >= 0.3 is 5.97 Å². The highest BCUT2D eigenvalue weighted by atomic mass is 16.4. The Balaban J connectivity index is 2.02. The van der Waals surface area contributed by atoms with Gasteiger partial charge < -0.3 is 15.0 Å². The quantitative estimate of drug-likeness (QED) is 0.768. The summed E-state index contributed by atoms with van der Waals surface area (Å²) in [6, 6.07) is 1.70. The number of Topliss-reactive ketones (excluding diaryl/α,β-unsaturated/α-hetero) is 1. The summed E-state index contributed by atoms with van der Waals surface area (Å²) in [7, 11) is 0. The first-order valence-electron chi connectivity index (χ1n) is 6.78. The number of piperidine rings is 1. The molecule has 1 aliphatic heterocycles. The number of rotatable bonds is 6. The average molecular weight is 264 g/mol. The van der Waals surface area contributed by atoms with Gasteiger partial charge in [-0.3, -0.25) is 9.59 Å². The lowest BCUT2D eigenvalue weighted by Crippen LogP contribution is -2.37. The van der Waals surface area contributed by atoms with Gasteiger partial charge in [0.1, 0.15) is 0 Å². The Morgan fingerprint density at radius 2 is 2.05 bits per heavy atom. The fraction of sp³-hybridized carbons (Fsp3) is 0.571. The predicted octanol–water partition coefficient (Wildman–Crippen LogP) is 1.77. The van der Waals surface area contributed by atoms with Crippen molar-refractivity contribution < 1.29 is 14.7 Å². The topological polar surface area (TPSA) is 73.4 Å². The number of nitrogens with one attached hydrogen (secondary N) is 1. The van der Waals surface area contributed by atoms with Gasteiger partial charge in [0.15, 0.2) is 5.78 Å². The molecule has 1 atom stereocenters. The van der Waals surface area contributed by atoms with Gasteiger partial charge in [0, 0.05) is 30.4 Å². The molecular weight excluding hydrogens is 244 g/mol. The van der Waals surface area contributed by atoms with Gasteiger partial charge in [0.2, 0.25) is 0 Å². The summed E-state index contributed by atoms with van der Waals surface area (Å²) in [4.78, 5) is 28.3. The number of aliphatic carboxylic acids is 1. The fourth-order valence-electron chi connectivity index (χ4n) is 2.62. The minimum absolute atomic E-state index is 0.0748. The maximum atomic E-state index is 12.3. The standard InChI is InChI=1S/C14H20N2O3/c17-13(18)8-12(10-16-6-2-1-3-7-16)14(19)11-4-5-15-9-11/h4-5,9,12,15H,1-3,6-8,10H2,(H,17,18). The monoisotopic (exact) mass is 264 g/mol. The van der Waals surface area contributed by atoms with E-state index in [0.717, 1.165) is 25.9 Å². The molecule has 5 heteroatoms. The van der Waals surface area contributed by atoms with Crippen molar-refractivity contribution >= 4 is 11.8 Å². The van der Waals surface area contributed by atoms with E-state index in [9.17, 15) is 9.59 Å². The molecule has 1 aliphatic rings. The average Bonchev–Trinajstić information content (AvgIpc) is 2.91. The third-order valence-electron chi connectivity index (χ3n) is 3.60. The van der Waals surface area contributed by atoms with Crippen molar-refractivity contribution in [3.63, 3.8) is 0 Å². The lowest BCUT2D eigenvalue weighted by molar-refractivity contribution is -0.137. The molecule has 1 aromatic rings. The van der Waals surface area contributed by atoms with Crippen LogP contribution in [-0.4, -0.2) is 46.4 Å². The number of H-pyrrole nitrogens is 1. The molecule has 0 radical (unpaired) electrons. The molecular formula is C14H20N2O3. The zero-order valence-electron chi connectivity index (χ0n) is 11.0. The van der Waals surface area contributed by atoms with Gasteiger partial charge in [-0.05, 0) is 32.0 Å². The third kappa shape index (κ3) is 3.92. The van der Waals surface area contributed by atoms with Crippen molar-refractivity contribution in [1.29, 1.82) is 0 Å². The fourth-order valence-corrected chi connectivity index (χ4v) is 2.62. The first-order valence-corrected chi connectivity index (χ1v) is 6.78. The van der Waals surface area contributed by atoms with E-state index in [4.69, 9.17) is 5.11 Å². The number of aromatic amines is 1. The van der Waals surface area contributed by atoms with Gasteiger partial charge in [-0.25, -0.2) is 0 Å². The molecule has 1 saturated heterocycles. The summed E-state index contributed by atoms with van der Waals surface area (Å²) in [5, 5.41) is 8.98. The number of ketones is 1. The van der Waals surface area contributed by atoms with E-state index in [2.05, 4.69) is 9.88 Å². The number of nitrogens with zero attached hydrogens (tertiary/aromatic N) is 1. The second-order valence-electron chi connectivity index (χ2n) is 5.12. The Kier molecular flexibility index (Phi) is 4.74. The Morgan fingerprint density at radius 3 is 2.63 bits per heavy atom. The van der Waals surface area contributed by atoms with Crippen molar-refractivity contribution in [2.24, 2.45) is 5.92 Å². The van der Waals surface area contributed by atoms with E-state index >= 15 is 0 Å². The van der Waals surface area contributed by atoms with E-state index in [-0.39, 0.29) is 12.2 Å². The first-order chi connectivity index (χ1) is 9.16. The van der Waals surface area contributed by atoms with Gasteiger partial charge in [-0.1, -0.05) is 6.42 Å². The molecule has 2 rings (SSSR count). The van der Waals surface area contributed by atoms with Crippen LogP contribution in [0.25, 0.3) is 0 Å². The van der Waals surface area contributed by atoms with Gasteiger partial charge in [-0.2, -0.15) is 0 Å². The normalized spacial score (nSPS) is 18.1. The zero-order valence-corrected chi connectivity index (χ0v) is 11.0. The molecule has 2 N–H and O–H groups in total. The van der Waals surface area contributed by atoms with Crippen LogP contribution in [0.1, 0.15) is 36.0 Å². The SMILES string of the molecule is O=C(O)CC(CN1CCCCC1)C(=O)c1cc[nH]c1. The number of aromatic nitrogens is 1. The number of likely N-dealkylation sites (tertiary alicyclic amines) is 1.